The van der Waals surface area contributed by atoms with Crippen LogP contribution in [0.4, 0.5) is 17.1 Å². The van der Waals surface area contributed by atoms with Crippen LogP contribution in [-0.2, 0) is 9.59 Å². The molecular weight excluding hydrogens is 338 g/mol. The summed E-state index contributed by atoms with van der Waals surface area (Å²) in [5.41, 5.74) is 2.35. The van der Waals surface area contributed by atoms with Gasteiger partial charge in [-0.2, -0.15) is 0 Å². The van der Waals surface area contributed by atoms with Crippen LogP contribution in [0.3, 0.4) is 0 Å². The van der Waals surface area contributed by atoms with E-state index in [4.69, 9.17) is 11.6 Å². The third kappa shape index (κ3) is 4.31. The number of anilines is 3. The quantitative estimate of drug-likeness (QED) is 0.853. The molecule has 2 aromatic rings. The number of nitrogens with zero attached hydrogens (tertiary/aromatic N) is 1. The van der Waals surface area contributed by atoms with E-state index in [9.17, 15) is 9.59 Å². The normalized spacial score (nSPS) is 15.1. The van der Waals surface area contributed by atoms with E-state index >= 15 is 0 Å². The topological polar surface area (TPSA) is 61.4 Å². The summed E-state index contributed by atoms with van der Waals surface area (Å²) < 4.78 is 0. The van der Waals surface area contributed by atoms with Crippen LogP contribution < -0.4 is 15.5 Å². The van der Waals surface area contributed by atoms with Crippen LogP contribution in [0.25, 0.3) is 0 Å². The number of amides is 2. The third-order valence-electron chi connectivity index (χ3n) is 4.12. The molecule has 6 heteroatoms. The fraction of sp³-hybridized carbons (Fsp3) is 0.263. The first-order valence-electron chi connectivity index (χ1n) is 8.26. The molecule has 3 rings (SSSR count). The number of hydrogen-bond acceptors (Lipinski definition) is 3. The van der Waals surface area contributed by atoms with Crippen molar-refractivity contribution in [2.75, 3.05) is 22.1 Å². The van der Waals surface area contributed by atoms with Crippen LogP contribution in [0.5, 0.6) is 0 Å². The molecule has 1 aliphatic heterocycles. The van der Waals surface area contributed by atoms with Gasteiger partial charge >= 0.3 is 0 Å². The second-order valence-corrected chi connectivity index (χ2v) is 6.50. The molecule has 1 atom stereocenters. The average Bonchev–Trinajstić information content (AvgIpc) is 3.03. The lowest BCUT2D eigenvalue weighted by atomic mass is 10.2. The molecule has 0 unspecified atom stereocenters. The molecule has 1 saturated heterocycles. The highest BCUT2D eigenvalue weighted by molar-refractivity contribution is 6.30. The predicted molar refractivity (Wildman–Crippen MR) is 101 cm³/mol. The van der Waals surface area contributed by atoms with E-state index in [1.54, 1.807) is 36.1 Å². The summed E-state index contributed by atoms with van der Waals surface area (Å²) in [4.78, 5) is 26.0. The van der Waals surface area contributed by atoms with Gasteiger partial charge in [0.25, 0.3) is 0 Å². The zero-order valence-corrected chi connectivity index (χ0v) is 14.7. The number of carbonyl (C=O) groups excluding carboxylic acids is 2. The zero-order valence-electron chi connectivity index (χ0n) is 14.0. The van der Waals surface area contributed by atoms with E-state index in [-0.39, 0.29) is 11.8 Å². The lowest BCUT2D eigenvalue weighted by molar-refractivity contribution is -0.117. The SMILES string of the molecule is C[C@H](Nc1cccc(N2CCCC2=O)c1)C(=O)Nc1ccc(Cl)cc1. The van der Waals surface area contributed by atoms with Gasteiger partial charge in [0.1, 0.15) is 6.04 Å². The monoisotopic (exact) mass is 357 g/mol. The summed E-state index contributed by atoms with van der Waals surface area (Å²) in [6.45, 7) is 2.54. The number of carbonyl (C=O) groups is 2. The highest BCUT2D eigenvalue weighted by atomic mass is 35.5. The summed E-state index contributed by atoms with van der Waals surface area (Å²) in [7, 11) is 0. The molecule has 0 spiro atoms. The second-order valence-electron chi connectivity index (χ2n) is 6.06. The molecule has 5 nitrogen and oxygen atoms in total. The molecule has 0 aliphatic carbocycles. The molecule has 2 aromatic carbocycles. The third-order valence-corrected chi connectivity index (χ3v) is 4.37. The average molecular weight is 358 g/mol. The molecule has 1 aliphatic rings. The Bertz CT molecular complexity index is 776. The van der Waals surface area contributed by atoms with E-state index < -0.39 is 6.04 Å². The molecule has 2 N–H and O–H groups in total. The number of hydrogen-bond donors (Lipinski definition) is 2. The Morgan fingerprint density at radius 2 is 1.92 bits per heavy atom. The van der Waals surface area contributed by atoms with Gasteiger partial charge in [-0.05, 0) is 55.8 Å². The van der Waals surface area contributed by atoms with Crippen molar-refractivity contribution in [3.8, 4) is 0 Å². The van der Waals surface area contributed by atoms with Gasteiger partial charge in [0.15, 0.2) is 0 Å². The van der Waals surface area contributed by atoms with Gasteiger partial charge in [-0.3, -0.25) is 9.59 Å². The van der Waals surface area contributed by atoms with Gasteiger partial charge in [-0.15, -0.1) is 0 Å². The molecule has 2 amide bonds. The summed E-state index contributed by atoms with van der Waals surface area (Å²) >= 11 is 5.84. The first-order chi connectivity index (χ1) is 12.0. The first-order valence-corrected chi connectivity index (χ1v) is 8.64. The van der Waals surface area contributed by atoms with Crippen LogP contribution in [0.1, 0.15) is 19.8 Å². The fourth-order valence-electron chi connectivity index (χ4n) is 2.78. The van der Waals surface area contributed by atoms with Crippen molar-refractivity contribution >= 4 is 40.5 Å². The Hall–Kier alpha value is -2.53. The minimum absolute atomic E-state index is 0.144. The Kier molecular flexibility index (Phi) is 5.24. The van der Waals surface area contributed by atoms with Gasteiger partial charge in [-0.1, -0.05) is 17.7 Å². The summed E-state index contributed by atoms with van der Waals surface area (Å²) in [5, 5.41) is 6.64. The minimum Gasteiger partial charge on any atom is -0.374 e. The van der Waals surface area contributed by atoms with Crippen molar-refractivity contribution in [3.63, 3.8) is 0 Å². The number of rotatable bonds is 5. The molecule has 1 heterocycles. The maximum Gasteiger partial charge on any atom is 0.246 e. The highest BCUT2D eigenvalue weighted by Crippen LogP contribution is 2.24. The molecular formula is C19H20ClN3O2. The van der Waals surface area contributed by atoms with E-state index in [1.807, 2.05) is 24.3 Å². The van der Waals surface area contributed by atoms with Crippen molar-refractivity contribution in [1.82, 2.24) is 0 Å². The molecule has 0 bridgehead atoms. The van der Waals surface area contributed by atoms with Crippen LogP contribution >= 0.6 is 11.6 Å². The Labute approximate surface area is 152 Å². The van der Waals surface area contributed by atoms with Gasteiger partial charge < -0.3 is 15.5 Å². The molecule has 130 valence electrons. The molecule has 1 fully saturated rings. The number of halogens is 1. The standard InChI is InChI=1S/C19H20ClN3O2/c1-13(19(25)22-15-9-7-14(20)8-10-15)21-16-4-2-5-17(12-16)23-11-3-6-18(23)24/h2,4-5,7-10,12-13,21H,3,6,11H2,1H3,(H,22,25)/t13-/m0/s1. The van der Waals surface area contributed by atoms with E-state index in [1.165, 1.54) is 0 Å². The predicted octanol–water partition coefficient (Wildman–Crippen LogP) is 3.91. The van der Waals surface area contributed by atoms with Crippen molar-refractivity contribution in [1.29, 1.82) is 0 Å². The smallest absolute Gasteiger partial charge is 0.246 e. The summed E-state index contributed by atoms with van der Waals surface area (Å²) in [6.07, 6.45) is 1.48. The van der Waals surface area contributed by atoms with Crippen molar-refractivity contribution in [3.05, 3.63) is 53.6 Å². The molecule has 0 aromatic heterocycles. The summed E-state index contributed by atoms with van der Waals surface area (Å²) in [5.74, 6) is -0.00402. The molecule has 0 radical (unpaired) electrons. The minimum atomic E-state index is -0.430. The van der Waals surface area contributed by atoms with Crippen LogP contribution in [0, 0.1) is 0 Å². The van der Waals surface area contributed by atoms with Crippen LogP contribution in [0.2, 0.25) is 5.02 Å². The van der Waals surface area contributed by atoms with Crippen molar-refractivity contribution < 1.29 is 9.59 Å². The Morgan fingerprint density at radius 1 is 1.16 bits per heavy atom. The maximum absolute atomic E-state index is 12.3. The van der Waals surface area contributed by atoms with Crippen molar-refractivity contribution in [2.45, 2.75) is 25.8 Å². The molecule has 0 saturated carbocycles. The lowest BCUT2D eigenvalue weighted by Gasteiger charge is -2.19. The van der Waals surface area contributed by atoms with Crippen LogP contribution in [-0.4, -0.2) is 24.4 Å². The Balaban J connectivity index is 1.64. The van der Waals surface area contributed by atoms with Gasteiger partial charge in [0.2, 0.25) is 11.8 Å². The van der Waals surface area contributed by atoms with Gasteiger partial charge in [-0.25, -0.2) is 0 Å². The van der Waals surface area contributed by atoms with Crippen LogP contribution in [0.15, 0.2) is 48.5 Å². The molecule has 25 heavy (non-hydrogen) atoms. The fourth-order valence-corrected chi connectivity index (χ4v) is 2.91. The van der Waals surface area contributed by atoms with E-state index in [0.717, 1.165) is 24.3 Å². The lowest BCUT2D eigenvalue weighted by Crippen LogP contribution is -2.32. The van der Waals surface area contributed by atoms with E-state index in [0.29, 0.717) is 17.1 Å². The van der Waals surface area contributed by atoms with E-state index in [2.05, 4.69) is 10.6 Å². The number of nitrogens with one attached hydrogen (secondary N) is 2. The first kappa shape index (κ1) is 17.3. The van der Waals surface area contributed by atoms with Crippen molar-refractivity contribution in [2.24, 2.45) is 0 Å². The zero-order chi connectivity index (χ0) is 17.8. The highest BCUT2D eigenvalue weighted by Gasteiger charge is 2.22. The van der Waals surface area contributed by atoms with Gasteiger partial charge in [0.05, 0.1) is 0 Å². The second kappa shape index (κ2) is 7.57. The maximum atomic E-state index is 12.3. The van der Waals surface area contributed by atoms with Gasteiger partial charge in [0, 0.05) is 35.1 Å². The summed E-state index contributed by atoms with van der Waals surface area (Å²) in [6, 6.07) is 14.1. The Morgan fingerprint density at radius 3 is 2.60 bits per heavy atom. The number of benzene rings is 2. The largest absolute Gasteiger partial charge is 0.374 e.